The zero-order valence-corrected chi connectivity index (χ0v) is 10.6. The number of unbranched alkanes of at least 4 members (excludes halogenated alkanes) is 2. The normalized spacial score (nSPS) is 10.4. The summed E-state index contributed by atoms with van der Waals surface area (Å²) in [5.74, 6) is 0.147. The summed E-state index contributed by atoms with van der Waals surface area (Å²) in [6.45, 7) is 4.95. The Labute approximate surface area is 98.7 Å². The van der Waals surface area contributed by atoms with Crippen molar-refractivity contribution in [3.05, 3.63) is 0 Å². The van der Waals surface area contributed by atoms with Crippen molar-refractivity contribution in [3.63, 3.8) is 0 Å². The van der Waals surface area contributed by atoms with E-state index in [0.717, 1.165) is 52.0 Å². The summed E-state index contributed by atoms with van der Waals surface area (Å²) in [5, 5.41) is 2.88. The maximum absolute atomic E-state index is 11.3. The molecule has 0 saturated carbocycles. The van der Waals surface area contributed by atoms with Crippen LogP contribution >= 0.6 is 0 Å². The summed E-state index contributed by atoms with van der Waals surface area (Å²) in [5.41, 5.74) is 0. The molecule has 0 atom stereocenters. The predicted molar refractivity (Wildman–Crippen MR) is 64.5 cm³/mol. The molecule has 0 saturated heterocycles. The molecular weight excluding hydrogens is 206 g/mol. The molecule has 0 aromatic carbocycles. The minimum atomic E-state index is 0.147. The summed E-state index contributed by atoms with van der Waals surface area (Å²) in [7, 11) is 1.70. The Morgan fingerprint density at radius 3 is 2.62 bits per heavy atom. The molecule has 0 unspecified atom stereocenters. The molecule has 0 bridgehead atoms. The van der Waals surface area contributed by atoms with E-state index < -0.39 is 0 Å². The third-order valence-corrected chi connectivity index (χ3v) is 2.24. The fourth-order valence-electron chi connectivity index (χ4n) is 1.34. The van der Waals surface area contributed by atoms with E-state index >= 15 is 0 Å². The summed E-state index contributed by atoms with van der Waals surface area (Å²) < 4.78 is 10.1. The maximum Gasteiger partial charge on any atom is 0.219 e. The first-order valence-electron chi connectivity index (χ1n) is 6.14. The van der Waals surface area contributed by atoms with Gasteiger partial charge in [0.1, 0.15) is 0 Å². The van der Waals surface area contributed by atoms with Gasteiger partial charge in [-0.05, 0) is 26.2 Å². The zero-order chi connectivity index (χ0) is 12.1. The van der Waals surface area contributed by atoms with Gasteiger partial charge in [0.15, 0.2) is 0 Å². The Bertz CT molecular complexity index is 146. The standard InChI is InChI=1S/C12H25NO3/c1-3-16-11-7-9-13-12(14)8-5-4-6-10-15-2/h3-11H2,1-2H3,(H,13,14). The van der Waals surface area contributed by atoms with E-state index in [1.165, 1.54) is 0 Å². The van der Waals surface area contributed by atoms with Crippen LogP contribution in [0.4, 0.5) is 0 Å². The number of methoxy groups -OCH3 is 1. The van der Waals surface area contributed by atoms with Crippen LogP contribution in [-0.4, -0.2) is 39.4 Å². The SMILES string of the molecule is CCOCCCNC(=O)CCCCCOC. The smallest absolute Gasteiger partial charge is 0.219 e. The summed E-state index contributed by atoms with van der Waals surface area (Å²) in [6.07, 6.45) is 4.55. The maximum atomic E-state index is 11.3. The number of nitrogens with one attached hydrogen (secondary N) is 1. The molecule has 0 aromatic heterocycles. The van der Waals surface area contributed by atoms with Crippen molar-refractivity contribution in [2.45, 2.75) is 39.0 Å². The number of hydrogen-bond donors (Lipinski definition) is 1. The Morgan fingerprint density at radius 2 is 1.94 bits per heavy atom. The molecule has 0 heterocycles. The van der Waals surface area contributed by atoms with Gasteiger partial charge in [-0.25, -0.2) is 0 Å². The number of amides is 1. The monoisotopic (exact) mass is 231 g/mol. The van der Waals surface area contributed by atoms with E-state index in [1.807, 2.05) is 6.92 Å². The van der Waals surface area contributed by atoms with Crippen LogP contribution in [0.1, 0.15) is 39.0 Å². The minimum absolute atomic E-state index is 0.147. The van der Waals surface area contributed by atoms with E-state index in [4.69, 9.17) is 9.47 Å². The van der Waals surface area contributed by atoms with Gasteiger partial charge in [0.05, 0.1) is 0 Å². The second kappa shape index (κ2) is 12.5. The number of ether oxygens (including phenoxy) is 2. The van der Waals surface area contributed by atoms with Gasteiger partial charge in [-0.2, -0.15) is 0 Å². The zero-order valence-electron chi connectivity index (χ0n) is 10.6. The first-order valence-corrected chi connectivity index (χ1v) is 6.14. The molecule has 0 fully saturated rings. The van der Waals surface area contributed by atoms with Gasteiger partial charge in [-0.3, -0.25) is 4.79 Å². The Balaban J connectivity index is 3.12. The third kappa shape index (κ3) is 11.5. The molecule has 1 amide bonds. The van der Waals surface area contributed by atoms with Crippen molar-refractivity contribution in [1.29, 1.82) is 0 Å². The van der Waals surface area contributed by atoms with Crippen LogP contribution in [0.3, 0.4) is 0 Å². The predicted octanol–water partition coefficient (Wildman–Crippen LogP) is 1.74. The second-order valence-electron chi connectivity index (χ2n) is 3.70. The molecule has 0 spiro atoms. The molecule has 0 aliphatic carbocycles. The lowest BCUT2D eigenvalue weighted by Gasteiger charge is -2.05. The van der Waals surface area contributed by atoms with Crippen LogP contribution in [0.25, 0.3) is 0 Å². The van der Waals surface area contributed by atoms with Gasteiger partial charge in [-0.1, -0.05) is 6.42 Å². The highest BCUT2D eigenvalue weighted by Gasteiger charge is 1.99. The van der Waals surface area contributed by atoms with E-state index in [9.17, 15) is 4.79 Å². The van der Waals surface area contributed by atoms with Crippen LogP contribution in [0.2, 0.25) is 0 Å². The van der Waals surface area contributed by atoms with Gasteiger partial charge < -0.3 is 14.8 Å². The van der Waals surface area contributed by atoms with Crippen LogP contribution in [0.5, 0.6) is 0 Å². The van der Waals surface area contributed by atoms with E-state index in [2.05, 4.69) is 5.32 Å². The van der Waals surface area contributed by atoms with Crippen molar-refractivity contribution < 1.29 is 14.3 Å². The van der Waals surface area contributed by atoms with Gasteiger partial charge in [0.25, 0.3) is 0 Å². The highest BCUT2D eigenvalue weighted by molar-refractivity contribution is 5.75. The minimum Gasteiger partial charge on any atom is -0.385 e. The quantitative estimate of drug-likeness (QED) is 0.551. The molecule has 0 rings (SSSR count). The summed E-state index contributed by atoms with van der Waals surface area (Å²) in [4.78, 5) is 11.3. The lowest BCUT2D eigenvalue weighted by molar-refractivity contribution is -0.121. The highest BCUT2D eigenvalue weighted by atomic mass is 16.5. The molecule has 96 valence electrons. The van der Waals surface area contributed by atoms with Gasteiger partial charge in [0.2, 0.25) is 5.91 Å². The molecule has 4 nitrogen and oxygen atoms in total. The van der Waals surface area contributed by atoms with Crippen molar-refractivity contribution in [1.82, 2.24) is 5.32 Å². The molecule has 0 aromatic rings. The molecule has 1 N–H and O–H groups in total. The van der Waals surface area contributed by atoms with Gasteiger partial charge in [0, 0.05) is 39.9 Å². The first-order chi connectivity index (χ1) is 7.81. The van der Waals surface area contributed by atoms with Crippen LogP contribution in [0.15, 0.2) is 0 Å². The second-order valence-corrected chi connectivity index (χ2v) is 3.70. The average Bonchev–Trinajstić information content (AvgIpc) is 2.28. The van der Waals surface area contributed by atoms with Crippen LogP contribution < -0.4 is 5.32 Å². The van der Waals surface area contributed by atoms with Crippen LogP contribution in [0, 0.1) is 0 Å². The van der Waals surface area contributed by atoms with E-state index in [-0.39, 0.29) is 5.91 Å². The topological polar surface area (TPSA) is 47.6 Å². The molecule has 0 aliphatic heterocycles. The molecule has 16 heavy (non-hydrogen) atoms. The largest absolute Gasteiger partial charge is 0.385 e. The summed E-state index contributed by atoms with van der Waals surface area (Å²) in [6, 6.07) is 0. The lowest BCUT2D eigenvalue weighted by atomic mass is 10.2. The van der Waals surface area contributed by atoms with Crippen LogP contribution in [-0.2, 0) is 14.3 Å². The van der Waals surface area contributed by atoms with Crippen molar-refractivity contribution in [3.8, 4) is 0 Å². The first kappa shape index (κ1) is 15.4. The van der Waals surface area contributed by atoms with Gasteiger partial charge in [-0.15, -0.1) is 0 Å². The Hall–Kier alpha value is -0.610. The highest BCUT2D eigenvalue weighted by Crippen LogP contribution is 1.99. The number of rotatable bonds is 11. The number of carbonyl (C=O) groups is 1. The number of carbonyl (C=O) groups excluding carboxylic acids is 1. The Morgan fingerprint density at radius 1 is 1.12 bits per heavy atom. The molecular formula is C12H25NO3. The number of hydrogen-bond acceptors (Lipinski definition) is 3. The Kier molecular flexibility index (Phi) is 12.0. The molecule has 0 aliphatic rings. The van der Waals surface area contributed by atoms with E-state index in [1.54, 1.807) is 7.11 Å². The lowest BCUT2D eigenvalue weighted by Crippen LogP contribution is -2.24. The fourth-order valence-corrected chi connectivity index (χ4v) is 1.34. The fraction of sp³-hybridized carbons (Fsp3) is 0.917. The van der Waals surface area contributed by atoms with Crippen molar-refractivity contribution >= 4 is 5.91 Å². The van der Waals surface area contributed by atoms with E-state index in [0.29, 0.717) is 6.42 Å². The average molecular weight is 231 g/mol. The van der Waals surface area contributed by atoms with Gasteiger partial charge >= 0.3 is 0 Å². The molecule has 0 radical (unpaired) electrons. The van der Waals surface area contributed by atoms with Crippen molar-refractivity contribution in [2.75, 3.05) is 33.5 Å². The molecule has 4 heteroatoms. The van der Waals surface area contributed by atoms with Crippen molar-refractivity contribution in [2.24, 2.45) is 0 Å². The summed E-state index contributed by atoms with van der Waals surface area (Å²) >= 11 is 0. The third-order valence-electron chi connectivity index (χ3n) is 2.24.